The lowest BCUT2D eigenvalue weighted by atomic mass is 10.2. The summed E-state index contributed by atoms with van der Waals surface area (Å²) < 4.78 is 44.5. The number of urea groups is 1. The molecule has 0 fully saturated rings. The first-order chi connectivity index (χ1) is 14.1. The molecule has 2 N–H and O–H groups in total. The summed E-state index contributed by atoms with van der Waals surface area (Å²) >= 11 is 5.96. The number of esters is 1. The number of amides is 3. The van der Waals surface area contributed by atoms with Crippen LogP contribution in [0.4, 0.5) is 14.9 Å². The van der Waals surface area contributed by atoms with Crippen molar-refractivity contribution >= 4 is 45.2 Å². The Balaban J connectivity index is 2.22. The summed E-state index contributed by atoms with van der Waals surface area (Å²) in [5.41, 5.74) is -0.0978. The molecule has 0 aliphatic carbocycles. The monoisotopic (exact) mass is 457 g/mol. The van der Waals surface area contributed by atoms with Crippen LogP contribution in [0, 0.1) is 5.82 Å². The number of nitrogens with zero attached hydrogens (tertiary/aromatic N) is 1. The highest BCUT2D eigenvalue weighted by Gasteiger charge is 2.24. The molecule has 0 heterocycles. The third-order valence-electron chi connectivity index (χ3n) is 3.82. The van der Waals surface area contributed by atoms with E-state index in [-0.39, 0.29) is 21.2 Å². The van der Waals surface area contributed by atoms with Gasteiger partial charge in [0.1, 0.15) is 5.82 Å². The van der Waals surface area contributed by atoms with E-state index in [0.29, 0.717) is 0 Å². The van der Waals surface area contributed by atoms with Crippen LogP contribution >= 0.6 is 11.6 Å². The van der Waals surface area contributed by atoms with E-state index in [0.717, 1.165) is 22.5 Å². The second kappa shape index (κ2) is 9.55. The van der Waals surface area contributed by atoms with Gasteiger partial charge in [-0.25, -0.2) is 22.4 Å². The third-order valence-corrected chi connectivity index (χ3v) is 5.93. The quantitative estimate of drug-likeness (QED) is 0.639. The minimum atomic E-state index is -4.12. The van der Waals surface area contributed by atoms with Gasteiger partial charge < -0.3 is 10.1 Å². The molecule has 0 unspecified atom stereocenters. The van der Waals surface area contributed by atoms with Crippen LogP contribution in [-0.4, -0.2) is 47.0 Å². The largest absolute Gasteiger partial charge is 0.452 e. The van der Waals surface area contributed by atoms with Gasteiger partial charge >= 0.3 is 12.0 Å². The predicted octanol–water partition coefficient (Wildman–Crippen LogP) is 1.92. The van der Waals surface area contributed by atoms with E-state index in [9.17, 15) is 27.2 Å². The number of carbonyl (C=O) groups is 3. The molecule has 0 aromatic heterocycles. The SMILES string of the molecule is CNC(=O)NC(=O)COC(=O)c1cc(S(=O)(=O)N(C)c2ccc(F)cc2)ccc1Cl. The number of benzene rings is 2. The van der Waals surface area contributed by atoms with E-state index in [2.05, 4.69) is 5.32 Å². The van der Waals surface area contributed by atoms with Crippen LogP contribution in [0.3, 0.4) is 0 Å². The number of sulfonamides is 1. The van der Waals surface area contributed by atoms with Gasteiger partial charge in [-0.15, -0.1) is 0 Å². The summed E-state index contributed by atoms with van der Waals surface area (Å²) in [6.07, 6.45) is 0. The highest BCUT2D eigenvalue weighted by molar-refractivity contribution is 7.92. The minimum absolute atomic E-state index is 0.102. The van der Waals surface area contributed by atoms with Crippen molar-refractivity contribution in [2.45, 2.75) is 4.90 Å². The van der Waals surface area contributed by atoms with E-state index >= 15 is 0 Å². The van der Waals surface area contributed by atoms with Gasteiger partial charge in [0.25, 0.3) is 15.9 Å². The zero-order valence-corrected chi connectivity index (χ0v) is 17.4. The summed E-state index contributed by atoms with van der Waals surface area (Å²) in [6.45, 7) is -0.783. The lowest BCUT2D eigenvalue weighted by Crippen LogP contribution is -2.39. The van der Waals surface area contributed by atoms with Gasteiger partial charge in [-0.3, -0.25) is 14.4 Å². The van der Waals surface area contributed by atoms with Crippen molar-refractivity contribution in [2.75, 3.05) is 25.0 Å². The number of hydrogen-bond donors (Lipinski definition) is 2. The summed E-state index contributed by atoms with van der Waals surface area (Å²) in [5, 5.41) is 3.94. The smallest absolute Gasteiger partial charge is 0.340 e. The van der Waals surface area contributed by atoms with Gasteiger partial charge in [0.05, 0.1) is 21.2 Å². The second-order valence-corrected chi connectivity index (χ2v) is 8.17. The van der Waals surface area contributed by atoms with E-state index in [1.54, 1.807) is 0 Å². The number of anilines is 1. The van der Waals surface area contributed by atoms with Gasteiger partial charge in [0, 0.05) is 14.1 Å². The molecule has 2 rings (SSSR count). The van der Waals surface area contributed by atoms with Gasteiger partial charge in [0.15, 0.2) is 6.61 Å². The lowest BCUT2D eigenvalue weighted by molar-refractivity contribution is -0.123. The molecule has 0 atom stereocenters. The number of imide groups is 1. The Kier molecular flexibility index (Phi) is 7.35. The van der Waals surface area contributed by atoms with Gasteiger partial charge in [-0.05, 0) is 42.5 Å². The maximum Gasteiger partial charge on any atom is 0.340 e. The summed E-state index contributed by atoms with van der Waals surface area (Å²) in [4.78, 5) is 34.5. The molecule has 2 aromatic rings. The molecule has 0 bridgehead atoms. The van der Waals surface area contributed by atoms with Gasteiger partial charge in [0.2, 0.25) is 0 Å². The van der Waals surface area contributed by atoms with Gasteiger partial charge in [-0.2, -0.15) is 0 Å². The van der Waals surface area contributed by atoms with Crippen LogP contribution in [0.5, 0.6) is 0 Å². The standard InChI is InChI=1S/C18H17ClFN3O6S/c1-21-18(26)22-16(24)10-29-17(25)14-9-13(7-8-15(14)19)30(27,28)23(2)12-5-3-11(20)4-6-12/h3-9H,10H2,1-2H3,(H2,21,22,24,26). The molecule has 0 radical (unpaired) electrons. The zero-order valence-electron chi connectivity index (χ0n) is 15.8. The Morgan fingerprint density at radius 2 is 1.77 bits per heavy atom. The number of ether oxygens (including phenoxy) is 1. The van der Waals surface area contributed by atoms with Crippen molar-refractivity contribution in [3.05, 3.63) is 58.9 Å². The molecular weight excluding hydrogens is 441 g/mol. The number of halogens is 2. The maximum absolute atomic E-state index is 13.1. The summed E-state index contributed by atoms with van der Waals surface area (Å²) in [6, 6.07) is 7.36. The van der Waals surface area contributed by atoms with Crippen LogP contribution < -0.4 is 14.9 Å². The second-order valence-electron chi connectivity index (χ2n) is 5.79. The Morgan fingerprint density at radius 1 is 1.13 bits per heavy atom. The zero-order chi connectivity index (χ0) is 22.5. The third kappa shape index (κ3) is 5.45. The van der Waals surface area contributed by atoms with Crippen molar-refractivity contribution in [1.82, 2.24) is 10.6 Å². The fourth-order valence-corrected chi connectivity index (χ4v) is 3.62. The highest BCUT2D eigenvalue weighted by Crippen LogP contribution is 2.26. The predicted molar refractivity (Wildman–Crippen MR) is 106 cm³/mol. The van der Waals surface area contributed by atoms with Crippen molar-refractivity contribution < 1.29 is 31.9 Å². The van der Waals surface area contributed by atoms with Crippen molar-refractivity contribution in [2.24, 2.45) is 0 Å². The van der Waals surface area contributed by atoms with E-state index in [4.69, 9.17) is 16.3 Å². The Morgan fingerprint density at radius 3 is 2.37 bits per heavy atom. The van der Waals surface area contributed by atoms with Crippen LogP contribution in [0.1, 0.15) is 10.4 Å². The summed E-state index contributed by atoms with van der Waals surface area (Å²) in [5.74, 6) is -2.48. The number of hydrogen-bond acceptors (Lipinski definition) is 6. The Bertz CT molecular complexity index is 1080. The van der Waals surface area contributed by atoms with Crippen molar-refractivity contribution in [1.29, 1.82) is 0 Å². The molecule has 0 aliphatic heterocycles. The molecule has 0 saturated heterocycles. The number of carbonyl (C=O) groups excluding carboxylic acids is 3. The molecule has 2 aromatic carbocycles. The minimum Gasteiger partial charge on any atom is -0.452 e. The molecule has 12 heteroatoms. The summed E-state index contributed by atoms with van der Waals surface area (Å²) in [7, 11) is -1.56. The van der Waals surface area contributed by atoms with Crippen LogP contribution in [-0.2, 0) is 19.6 Å². The molecule has 9 nitrogen and oxygen atoms in total. The molecule has 0 spiro atoms. The average Bonchev–Trinajstić information content (AvgIpc) is 2.72. The fourth-order valence-electron chi connectivity index (χ4n) is 2.20. The number of nitrogens with one attached hydrogen (secondary N) is 2. The first kappa shape index (κ1) is 23.1. The average molecular weight is 458 g/mol. The fraction of sp³-hybridized carbons (Fsp3) is 0.167. The van der Waals surface area contributed by atoms with E-state index in [1.165, 1.54) is 38.4 Å². The topological polar surface area (TPSA) is 122 Å². The van der Waals surface area contributed by atoms with Crippen molar-refractivity contribution in [3.63, 3.8) is 0 Å². The molecule has 0 saturated carbocycles. The molecule has 30 heavy (non-hydrogen) atoms. The van der Waals surface area contributed by atoms with Gasteiger partial charge in [-0.1, -0.05) is 11.6 Å². The molecule has 0 aliphatic rings. The highest BCUT2D eigenvalue weighted by atomic mass is 35.5. The Hall–Kier alpha value is -3.18. The van der Waals surface area contributed by atoms with E-state index < -0.39 is 40.4 Å². The van der Waals surface area contributed by atoms with Crippen LogP contribution in [0.2, 0.25) is 5.02 Å². The normalized spacial score (nSPS) is 10.8. The first-order valence-corrected chi connectivity index (χ1v) is 10.1. The van der Waals surface area contributed by atoms with Crippen molar-refractivity contribution in [3.8, 4) is 0 Å². The molecule has 3 amide bonds. The van der Waals surface area contributed by atoms with E-state index in [1.807, 2.05) is 5.32 Å². The van der Waals surface area contributed by atoms with Crippen LogP contribution in [0.15, 0.2) is 47.4 Å². The molecular formula is C18H17ClFN3O6S. The Labute approximate surface area is 176 Å². The van der Waals surface area contributed by atoms with Crippen LogP contribution in [0.25, 0.3) is 0 Å². The molecule has 160 valence electrons. The number of rotatable bonds is 6. The maximum atomic E-state index is 13.1. The first-order valence-electron chi connectivity index (χ1n) is 8.29. The lowest BCUT2D eigenvalue weighted by Gasteiger charge is -2.20.